The molecule has 0 atom stereocenters. The predicted octanol–water partition coefficient (Wildman–Crippen LogP) is 3.66. The molecular weight excluding hydrogens is 314 g/mol. The van der Waals surface area contributed by atoms with Crippen molar-refractivity contribution in [2.24, 2.45) is 0 Å². The maximum absolute atomic E-state index is 12.3. The molecule has 0 radical (unpaired) electrons. The van der Waals surface area contributed by atoms with E-state index in [0.29, 0.717) is 12.1 Å². The number of nitrogens with zero attached hydrogens (tertiary/aromatic N) is 1. The van der Waals surface area contributed by atoms with Gasteiger partial charge in [-0.2, -0.15) is 0 Å². The molecule has 5 heteroatoms. The third-order valence-electron chi connectivity index (χ3n) is 3.97. The van der Waals surface area contributed by atoms with Crippen LogP contribution in [0.4, 0.5) is 5.82 Å². The normalized spacial score (nSPS) is 10.3. The van der Waals surface area contributed by atoms with E-state index < -0.39 is 0 Å². The highest BCUT2D eigenvalue weighted by atomic mass is 16.5. The van der Waals surface area contributed by atoms with E-state index in [1.54, 1.807) is 25.4 Å². The number of benzene rings is 1. The van der Waals surface area contributed by atoms with E-state index in [1.807, 2.05) is 24.3 Å². The molecule has 2 aromatic rings. The van der Waals surface area contributed by atoms with Crippen LogP contribution in [0.15, 0.2) is 42.6 Å². The van der Waals surface area contributed by atoms with Crippen molar-refractivity contribution in [3.8, 4) is 5.75 Å². The number of aromatic nitrogens is 1. The molecule has 1 aromatic heterocycles. The van der Waals surface area contributed by atoms with E-state index in [0.717, 1.165) is 36.5 Å². The van der Waals surface area contributed by atoms with Gasteiger partial charge in [0.1, 0.15) is 11.6 Å². The SMILES string of the molecule is CCCCCNc1cc(C(=O)NCCc2ccc(OC)cc2)ccn1. The molecule has 1 aromatic carbocycles. The van der Waals surface area contributed by atoms with Crippen LogP contribution in [0.3, 0.4) is 0 Å². The minimum atomic E-state index is -0.0764. The summed E-state index contributed by atoms with van der Waals surface area (Å²) in [4.78, 5) is 16.5. The highest BCUT2D eigenvalue weighted by Gasteiger charge is 2.06. The third-order valence-corrected chi connectivity index (χ3v) is 3.97. The van der Waals surface area contributed by atoms with Gasteiger partial charge in [-0.25, -0.2) is 4.98 Å². The lowest BCUT2D eigenvalue weighted by atomic mass is 10.1. The molecule has 0 unspecified atom stereocenters. The van der Waals surface area contributed by atoms with Crippen molar-refractivity contribution in [2.75, 3.05) is 25.5 Å². The summed E-state index contributed by atoms with van der Waals surface area (Å²) in [5.74, 6) is 1.51. The maximum Gasteiger partial charge on any atom is 0.251 e. The molecule has 0 saturated heterocycles. The maximum atomic E-state index is 12.3. The van der Waals surface area contributed by atoms with E-state index in [9.17, 15) is 4.79 Å². The molecule has 0 spiro atoms. The van der Waals surface area contributed by atoms with Gasteiger partial charge in [-0.3, -0.25) is 4.79 Å². The first kappa shape index (κ1) is 18.8. The molecule has 1 heterocycles. The van der Waals surface area contributed by atoms with Gasteiger partial charge in [-0.15, -0.1) is 0 Å². The van der Waals surface area contributed by atoms with Gasteiger partial charge in [0.15, 0.2) is 0 Å². The highest BCUT2D eigenvalue weighted by molar-refractivity contribution is 5.94. The molecule has 0 aliphatic rings. The largest absolute Gasteiger partial charge is 0.497 e. The molecule has 25 heavy (non-hydrogen) atoms. The molecule has 0 bridgehead atoms. The average Bonchev–Trinajstić information content (AvgIpc) is 2.66. The summed E-state index contributed by atoms with van der Waals surface area (Å²) >= 11 is 0. The number of carbonyl (C=O) groups excluding carboxylic acids is 1. The molecule has 0 aliphatic heterocycles. The van der Waals surface area contributed by atoms with Crippen LogP contribution in [-0.4, -0.2) is 31.1 Å². The Labute approximate surface area is 149 Å². The molecule has 5 nitrogen and oxygen atoms in total. The van der Waals surface area contributed by atoms with E-state index in [1.165, 1.54) is 12.8 Å². The van der Waals surface area contributed by atoms with Crippen molar-refractivity contribution in [3.63, 3.8) is 0 Å². The summed E-state index contributed by atoms with van der Waals surface area (Å²) in [6.07, 6.45) is 5.93. The van der Waals surface area contributed by atoms with Crippen molar-refractivity contribution in [1.29, 1.82) is 0 Å². The summed E-state index contributed by atoms with van der Waals surface area (Å²) in [6.45, 7) is 3.64. The number of amides is 1. The van der Waals surface area contributed by atoms with Crippen LogP contribution in [0.2, 0.25) is 0 Å². The van der Waals surface area contributed by atoms with Crippen LogP contribution < -0.4 is 15.4 Å². The summed E-state index contributed by atoms with van der Waals surface area (Å²) in [5, 5.41) is 6.22. The second-order valence-electron chi connectivity index (χ2n) is 5.92. The zero-order chi connectivity index (χ0) is 17.9. The molecule has 0 saturated carbocycles. The topological polar surface area (TPSA) is 63.2 Å². The minimum Gasteiger partial charge on any atom is -0.497 e. The standard InChI is InChI=1S/C20H27N3O2/c1-3-4-5-12-21-19-15-17(11-14-22-19)20(24)23-13-10-16-6-8-18(25-2)9-7-16/h6-9,11,14-15H,3-5,10,12-13H2,1-2H3,(H,21,22)(H,23,24). The predicted molar refractivity (Wildman–Crippen MR) is 101 cm³/mol. The molecule has 1 amide bonds. The fourth-order valence-electron chi connectivity index (χ4n) is 2.47. The van der Waals surface area contributed by atoms with Crippen molar-refractivity contribution >= 4 is 11.7 Å². The number of hydrogen-bond acceptors (Lipinski definition) is 4. The molecule has 2 N–H and O–H groups in total. The van der Waals surface area contributed by atoms with Gasteiger partial charge in [-0.05, 0) is 42.7 Å². The van der Waals surface area contributed by atoms with Gasteiger partial charge in [0.05, 0.1) is 7.11 Å². The first-order valence-corrected chi connectivity index (χ1v) is 8.84. The van der Waals surface area contributed by atoms with Crippen molar-refractivity contribution < 1.29 is 9.53 Å². The lowest BCUT2D eigenvalue weighted by Gasteiger charge is -2.08. The van der Waals surface area contributed by atoms with Gasteiger partial charge >= 0.3 is 0 Å². The Morgan fingerprint density at radius 3 is 2.64 bits per heavy atom. The van der Waals surface area contributed by atoms with E-state index in [-0.39, 0.29) is 5.91 Å². The Morgan fingerprint density at radius 1 is 1.12 bits per heavy atom. The monoisotopic (exact) mass is 341 g/mol. The number of ether oxygens (including phenoxy) is 1. The van der Waals surface area contributed by atoms with Gasteiger partial charge in [0.2, 0.25) is 0 Å². The lowest BCUT2D eigenvalue weighted by Crippen LogP contribution is -2.25. The Hall–Kier alpha value is -2.56. The second-order valence-corrected chi connectivity index (χ2v) is 5.92. The van der Waals surface area contributed by atoms with Crippen molar-refractivity contribution in [1.82, 2.24) is 10.3 Å². The quantitative estimate of drug-likeness (QED) is 0.647. The number of methoxy groups -OCH3 is 1. The van der Waals surface area contributed by atoms with E-state index >= 15 is 0 Å². The minimum absolute atomic E-state index is 0.0764. The van der Waals surface area contributed by atoms with Gasteiger partial charge < -0.3 is 15.4 Å². The van der Waals surface area contributed by atoms with Gasteiger partial charge in [-0.1, -0.05) is 31.9 Å². The molecule has 0 fully saturated rings. The summed E-state index contributed by atoms with van der Waals surface area (Å²) in [5.41, 5.74) is 1.79. The lowest BCUT2D eigenvalue weighted by molar-refractivity contribution is 0.0954. The van der Waals surface area contributed by atoms with Crippen LogP contribution in [0.25, 0.3) is 0 Å². The number of rotatable bonds is 10. The molecule has 2 rings (SSSR count). The number of pyridine rings is 1. The fourth-order valence-corrected chi connectivity index (χ4v) is 2.47. The zero-order valence-corrected chi connectivity index (χ0v) is 15.0. The zero-order valence-electron chi connectivity index (χ0n) is 15.0. The first-order chi connectivity index (χ1) is 12.2. The number of hydrogen-bond donors (Lipinski definition) is 2. The molecular formula is C20H27N3O2. The Morgan fingerprint density at radius 2 is 1.92 bits per heavy atom. The first-order valence-electron chi connectivity index (χ1n) is 8.84. The fraction of sp³-hybridized carbons (Fsp3) is 0.400. The average molecular weight is 341 g/mol. The van der Waals surface area contributed by atoms with Crippen LogP contribution in [0.1, 0.15) is 42.1 Å². The van der Waals surface area contributed by atoms with Gasteiger partial charge in [0.25, 0.3) is 5.91 Å². The Kier molecular flexibility index (Phi) is 7.76. The number of carbonyl (C=O) groups is 1. The molecule has 134 valence electrons. The second kappa shape index (κ2) is 10.3. The van der Waals surface area contributed by atoms with Crippen molar-refractivity contribution in [3.05, 3.63) is 53.7 Å². The highest BCUT2D eigenvalue weighted by Crippen LogP contribution is 2.11. The van der Waals surface area contributed by atoms with Crippen LogP contribution in [0.5, 0.6) is 5.75 Å². The summed E-state index contributed by atoms with van der Waals surface area (Å²) in [7, 11) is 1.65. The number of nitrogens with one attached hydrogen (secondary N) is 2. The molecule has 0 aliphatic carbocycles. The summed E-state index contributed by atoms with van der Waals surface area (Å²) in [6, 6.07) is 11.4. The summed E-state index contributed by atoms with van der Waals surface area (Å²) < 4.78 is 5.14. The van der Waals surface area contributed by atoms with Crippen LogP contribution in [0, 0.1) is 0 Å². The number of anilines is 1. The number of unbranched alkanes of at least 4 members (excludes halogenated alkanes) is 2. The van der Waals surface area contributed by atoms with E-state index in [4.69, 9.17) is 4.74 Å². The van der Waals surface area contributed by atoms with Gasteiger partial charge in [0, 0.05) is 24.8 Å². The Balaban J connectivity index is 1.79. The smallest absolute Gasteiger partial charge is 0.251 e. The van der Waals surface area contributed by atoms with Crippen LogP contribution in [-0.2, 0) is 6.42 Å². The van der Waals surface area contributed by atoms with E-state index in [2.05, 4.69) is 22.5 Å². The third kappa shape index (κ3) is 6.45. The Bertz CT molecular complexity index is 656. The van der Waals surface area contributed by atoms with Crippen LogP contribution >= 0.6 is 0 Å². The van der Waals surface area contributed by atoms with Crippen molar-refractivity contribution in [2.45, 2.75) is 32.6 Å².